The van der Waals surface area contributed by atoms with Gasteiger partial charge in [-0.25, -0.2) is 0 Å². The van der Waals surface area contributed by atoms with E-state index in [0.717, 1.165) is 36.8 Å². The topological polar surface area (TPSA) is 41.1 Å². The molecule has 0 spiro atoms. The number of hydrogen-bond donors (Lipinski definition) is 2. The van der Waals surface area contributed by atoms with Gasteiger partial charge in [0.25, 0.3) is 0 Å². The Kier molecular flexibility index (Phi) is 9.06. The first-order chi connectivity index (χ1) is 10.1. The second-order valence-corrected chi connectivity index (χ2v) is 6.95. The molecule has 0 aromatic heterocycles. The molecule has 1 aromatic carbocycles. The summed E-state index contributed by atoms with van der Waals surface area (Å²) in [6.45, 7) is 4.27. The minimum Gasteiger partial charge on any atom is -0.354 e. The van der Waals surface area contributed by atoms with Crippen molar-refractivity contribution in [3.8, 4) is 0 Å². The normalized spacial score (nSPS) is 18.5. The zero-order valence-electron chi connectivity index (χ0n) is 13.1. The lowest BCUT2D eigenvalue weighted by Gasteiger charge is -2.15. The van der Waals surface area contributed by atoms with Crippen LogP contribution in [0.15, 0.2) is 28.7 Å². The number of aryl methyl sites for hydroxylation is 1. The van der Waals surface area contributed by atoms with Gasteiger partial charge in [-0.15, -0.1) is 12.4 Å². The summed E-state index contributed by atoms with van der Waals surface area (Å²) in [6.07, 6.45) is 4.87. The van der Waals surface area contributed by atoms with E-state index in [9.17, 15) is 4.79 Å². The van der Waals surface area contributed by atoms with Crippen LogP contribution in [0.5, 0.6) is 0 Å². The van der Waals surface area contributed by atoms with Gasteiger partial charge in [-0.2, -0.15) is 0 Å². The third-order valence-corrected chi connectivity index (χ3v) is 4.66. The molecule has 2 atom stereocenters. The van der Waals surface area contributed by atoms with Gasteiger partial charge in [0.1, 0.15) is 0 Å². The summed E-state index contributed by atoms with van der Waals surface area (Å²) < 4.78 is 1.11. The molecule has 2 unspecified atom stereocenters. The van der Waals surface area contributed by atoms with Gasteiger partial charge in [-0.1, -0.05) is 28.1 Å². The zero-order valence-corrected chi connectivity index (χ0v) is 15.5. The van der Waals surface area contributed by atoms with Crippen LogP contribution in [0.1, 0.15) is 38.2 Å². The fourth-order valence-electron chi connectivity index (χ4n) is 2.75. The van der Waals surface area contributed by atoms with Crippen molar-refractivity contribution >= 4 is 34.2 Å². The molecular weight excluding hydrogens is 364 g/mol. The van der Waals surface area contributed by atoms with Crippen LogP contribution in [0, 0.1) is 5.92 Å². The molecule has 0 radical (unpaired) electrons. The first kappa shape index (κ1) is 19.5. The van der Waals surface area contributed by atoms with E-state index in [4.69, 9.17) is 0 Å². The highest BCUT2D eigenvalue weighted by Gasteiger charge is 2.16. The van der Waals surface area contributed by atoms with E-state index in [1.165, 1.54) is 12.0 Å². The first-order valence-electron chi connectivity index (χ1n) is 7.88. The maximum Gasteiger partial charge on any atom is 0.220 e. The quantitative estimate of drug-likeness (QED) is 0.746. The number of benzene rings is 1. The highest BCUT2D eigenvalue weighted by molar-refractivity contribution is 9.10. The van der Waals surface area contributed by atoms with Crippen LogP contribution in [0.3, 0.4) is 0 Å². The van der Waals surface area contributed by atoms with Crippen LogP contribution < -0.4 is 10.6 Å². The van der Waals surface area contributed by atoms with Gasteiger partial charge >= 0.3 is 0 Å². The molecule has 5 heteroatoms. The van der Waals surface area contributed by atoms with E-state index in [2.05, 4.69) is 57.8 Å². The molecule has 1 saturated heterocycles. The van der Waals surface area contributed by atoms with E-state index >= 15 is 0 Å². The van der Waals surface area contributed by atoms with Gasteiger partial charge in [0, 0.05) is 16.9 Å². The standard InChI is InChI=1S/C17H25BrN2O.ClH/c1-13(2-3-14-4-7-16(18)8-5-14)20-17(21)9-6-15-10-11-19-12-15;/h4-5,7-8,13,15,19H,2-3,6,9-12H2,1H3,(H,20,21);1H. The molecule has 3 nitrogen and oxygen atoms in total. The molecule has 1 amide bonds. The van der Waals surface area contributed by atoms with Crippen molar-refractivity contribution in [3.05, 3.63) is 34.3 Å². The molecule has 1 fully saturated rings. The van der Waals surface area contributed by atoms with E-state index in [1.807, 2.05) is 0 Å². The molecule has 1 aromatic rings. The molecule has 1 aliphatic heterocycles. The summed E-state index contributed by atoms with van der Waals surface area (Å²) in [7, 11) is 0. The van der Waals surface area contributed by atoms with Crippen LogP contribution in [0.25, 0.3) is 0 Å². The smallest absolute Gasteiger partial charge is 0.220 e. The number of carbonyl (C=O) groups is 1. The molecule has 0 bridgehead atoms. The van der Waals surface area contributed by atoms with Crippen molar-refractivity contribution in [2.45, 2.75) is 45.1 Å². The average molecular weight is 390 g/mol. The van der Waals surface area contributed by atoms with E-state index in [1.54, 1.807) is 0 Å². The Balaban J connectivity index is 0.00000242. The average Bonchev–Trinajstić information content (AvgIpc) is 2.98. The maximum atomic E-state index is 11.9. The Morgan fingerprint density at radius 3 is 2.77 bits per heavy atom. The third kappa shape index (κ3) is 7.12. The molecular formula is C17H26BrClN2O. The Morgan fingerprint density at radius 1 is 1.41 bits per heavy atom. The Morgan fingerprint density at radius 2 is 2.14 bits per heavy atom. The minimum atomic E-state index is 0. The summed E-state index contributed by atoms with van der Waals surface area (Å²) in [4.78, 5) is 11.9. The Labute approximate surface area is 148 Å². The summed E-state index contributed by atoms with van der Waals surface area (Å²) in [5, 5.41) is 6.46. The highest BCUT2D eigenvalue weighted by Crippen LogP contribution is 2.15. The number of halogens is 2. The van der Waals surface area contributed by atoms with E-state index in [0.29, 0.717) is 12.3 Å². The van der Waals surface area contributed by atoms with Crippen LogP contribution in [0.4, 0.5) is 0 Å². The van der Waals surface area contributed by atoms with Gasteiger partial charge < -0.3 is 10.6 Å². The predicted molar refractivity (Wildman–Crippen MR) is 97.5 cm³/mol. The van der Waals surface area contributed by atoms with Crippen LogP contribution in [-0.2, 0) is 11.2 Å². The Hall–Kier alpha value is -0.580. The summed E-state index contributed by atoms with van der Waals surface area (Å²) >= 11 is 3.44. The van der Waals surface area contributed by atoms with Crippen LogP contribution in [0.2, 0.25) is 0 Å². The number of rotatable bonds is 7. The lowest BCUT2D eigenvalue weighted by Crippen LogP contribution is -2.33. The van der Waals surface area contributed by atoms with Gasteiger partial charge in [0.05, 0.1) is 0 Å². The van der Waals surface area contributed by atoms with Gasteiger partial charge in [-0.3, -0.25) is 4.79 Å². The summed E-state index contributed by atoms with van der Waals surface area (Å²) in [5.41, 5.74) is 1.32. The minimum absolute atomic E-state index is 0. The maximum absolute atomic E-state index is 11.9. The largest absolute Gasteiger partial charge is 0.354 e. The van der Waals surface area contributed by atoms with Gasteiger partial charge in [-0.05, 0) is 69.3 Å². The molecule has 0 saturated carbocycles. The van der Waals surface area contributed by atoms with Crippen molar-refractivity contribution in [1.29, 1.82) is 0 Å². The molecule has 2 rings (SSSR count). The lowest BCUT2D eigenvalue weighted by atomic mass is 10.0. The number of nitrogens with one attached hydrogen (secondary N) is 2. The monoisotopic (exact) mass is 388 g/mol. The van der Waals surface area contributed by atoms with Crippen molar-refractivity contribution in [1.82, 2.24) is 10.6 Å². The predicted octanol–water partition coefficient (Wildman–Crippen LogP) is 3.70. The SMILES string of the molecule is CC(CCc1ccc(Br)cc1)NC(=O)CCC1CCNC1.Cl. The van der Waals surface area contributed by atoms with Gasteiger partial charge in [0.15, 0.2) is 0 Å². The fourth-order valence-corrected chi connectivity index (χ4v) is 3.01. The Bertz CT molecular complexity index is 446. The molecule has 1 aliphatic rings. The molecule has 22 heavy (non-hydrogen) atoms. The van der Waals surface area contributed by atoms with Crippen molar-refractivity contribution < 1.29 is 4.79 Å². The third-order valence-electron chi connectivity index (χ3n) is 4.13. The molecule has 2 N–H and O–H groups in total. The first-order valence-corrected chi connectivity index (χ1v) is 8.67. The molecule has 124 valence electrons. The van der Waals surface area contributed by atoms with Crippen molar-refractivity contribution in [2.24, 2.45) is 5.92 Å². The fraction of sp³-hybridized carbons (Fsp3) is 0.588. The molecule has 0 aliphatic carbocycles. The zero-order chi connectivity index (χ0) is 15.1. The molecule has 1 heterocycles. The van der Waals surface area contributed by atoms with Crippen molar-refractivity contribution in [3.63, 3.8) is 0 Å². The van der Waals surface area contributed by atoms with Crippen LogP contribution in [-0.4, -0.2) is 25.0 Å². The lowest BCUT2D eigenvalue weighted by molar-refractivity contribution is -0.122. The highest BCUT2D eigenvalue weighted by atomic mass is 79.9. The van der Waals surface area contributed by atoms with Crippen molar-refractivity contribution in [2.75, 3.05) is 13.1 Å². The summed E-state index contributed by atoms with van der Waals surface area (Å²) in [6, 6.07) is 8.63. The second kappa shape index (κ2) is 10.2. The van der Waals surface area contributed by atoms with E-state index in [-0.39, 0.29) is 24.4 Å². The summed E-state index contributed by atoms with van der Waals surface area (Å²) in [5.74, 6) is 0.888. The number of hydrogen-bond acceptors (Lipinski definition) is 2. The number of amides is 1. The van der Waals surface area contributed by atoms with Gasteiger partial charge in [0.2, 0.25) is 5.91 Å². The second-order valence-electron chi connectivity index (χ2n) is 6.03. The van der Waals surface area contributed by atoms with E-state index < -0.39 is 0 Å². The number of carbonyl (C=O) groups excluding carboxylic acids is 1. The van der Waals surface area contributed by atoms with Crippen LogP contribution >= 0.6 is 28.3 Å².